The van der Waals surface area contributed by atoms with Crippen molar-refractivity contribution < 1.29 is 0 Å². The van der Waals surface area contributed by atoms with Gasteiger partial charge in [-0.1, -0.05) is 18.2 Å². The van der Waals surface area contributed by atoms with Gasteiger partial charge < -0.3 is 10.7 Å². The van der Waals surface area contributed by atoms with E-state index in [1.165, 1.54) is 6.20 Å². The number of nitrogens with zero attached hydrogens (tertiary/aromatic N) is 1. The van der Waals surface area contributed by atoms with Crippen LogP contribution in [-0.4, -0.2) is 16.5 Å². The summed E-state index contributed by atoms with van der Waals surface area (Å²) in [4.78, 5) is 17.7. The fourth-order valence-corrected chi connectivity index (χ4v) is 1.36. The van der Waals surface area contributed by atoms with Crippen molar-refractivity contribution in [3.05, 3.63) is 46.4 Å². The molecule has 1 aromatic carbocycles. The van der Waals surface area contributed by atoms with Gasteiger partial charge in [-0.2, -0.15) is 0 Å². The van der Waals surface area contributed by atoms with Crippen LogP contribution < -0.4 is 11.3 Å². The van der Waals surface area contributed by atoms with Gasteiger partial charge in [-0.25, -0.2) is 4.98 Å². The monoisotopic (exact) mass is 201 g/mol. The molecule has 0 fully saturated rings. The molecule has 0 unspecified atom stereocenters. The van der Waals surface area contributed by atoms with E-state index in [-0.39, 0.29) is 5.56 Å². The number of rotatable bonds is 2. The molecule has 0 saturated heterocycles. The zero-order valence-corrected chi connectivity index (χ0v) is 8.10. The van der Waals surface area contributed by atoms with Gasteiger partial charge >= 0.3 is 0 Å². The van der Waals surface area contributed by atoms with E-state index in [4.69, 9.17) is 5.73 Å². The summed E-state index contributed by atoms with van der Waals surface area (Å²) in [7, 11) is 0. The molecule has 1 aromatic heterocycles. The Morgan fingerprint density at radius 1 is 1.47 bits per heavy atom. The van der Waals surface area contributed by atoms with Crippen LogP contribution in [0.4, 0.5) is 0 Å². The van der Waals surface area contributed by atoms with Crippen LogP contribution in [0.5, 0.6) is 0 Å². The van der Waals surface area contributed by atoms with Crippen LogP contribution in [0.3, 0.4) is 0 Å². The van der Waals surface area contributed by atoms with Crippen LogP contribution in [0.1, 0.15) is 5.56 Å². The van der Waals surface area contributed by atoms with Gasteiger partial charge in [0, 0.05) is 6.54 Å². The standard InChI is InChI=1S/C11H11N3O/c12-5-1-2-8-3-4-9-10(6-8)13-7-11(15)14-9/h1-4,6-7H,5,12H2,(H,14,15)/b2-1+. The van der Waals surface area contributed by atoms with E-state index in [0.29, 0.717) is 6.54 Å². The second kappa shape index (κ2) is 4.06. The number of nitrogens with one attached hydrogen (secondary N) is 1. The molecule has 0 saturated carbocycles. The second-order valence-electron chi connectivity index (χ2n) is 3.16. The summed E-state index contributed by atoms with van der Waals surface area (Å²) in [5.41, 5.74) is 7.71. The van der Waals surface area contributed by atoms with E-state index in [1.54, 1.807) is 0 Å². The summed E-state index contributed by atoms with van der Waals surface area (Å²) < 4.78 is 0. The quantitative estimate of drug-likeness (QED) is 0.758. The predicted octanol–water partition coefficient (Wildman–Crippen LogP) is 0.895. The van der Waals surface area contributed by atoms with Crippen molar-refractivity contribution in [2.24, 2.45) is 5.73 Å². The zero-order chi connectivity index (χ0) is 10.7. The maximum Gasteiger partial charge on any atom is 0.266 e. The molecule has 1 heterocycles. The predicted molar refractivity (Wildman–Crippen MR) is 60.5 cm³/mol. The van der Waals surface area contributed by atoms with Gasteiger partial charge in [0.1, 0.15) is 0 Å². The Bertz CT molecular complexity index is 557. The van der Waals surface area contributed by atoms with Crippen LogP contribution in [0.25, 0.3) is 17.1 Å². The van der Waals surface area contributed by atoms with Crippen molar-refractivity contribution in [2.75, 3.05) is 6.54 Å². The van der Waals surface area contributed by atoms with Gasteiger partial charge in [0.25, 0.3) is 5.56 Å². The molecule has 0 bridgehead atoms. The maximum atomic E-state index is 11.0. The van der Waals surface area contributed by atoms with Gasteiger partial charge in [-0.05, 0) is 17.7 Å². The van der Waals surface area contributed by atoms with E-state index < -0.39 is 0 Å². The van der Waals surface area contributed by atoms with Crippen molar-refractivity contribution in [1.29, 1.82) is 0 Å². The number of aromatic amines is 1. The minimum atomic E-state index is -0.187. The lowest BCUT2D eigenvalue weighted by Gasteiger charge is -1.97. The molecule has 0 atom stereocenters. The Morgan fingerprint density at radius 3 is 3.13 bits per heavy atom. The maximum absolute atomic E-state index is 11.0. The molecule has 4 heteroatoms. The summed E-state index contributed by atoms with van der Waals surface area (Å²) in [6.45, 7) is 0.511. The van der Waals surface area contributed by atoms with Gasteiger partial charge in [0.2, 0.25) is 0 Å². The minimum Gasteiger partial charge on any atom is -0.327 e. The molecule has 0 aliphatic carbocycles. The molecule has 3 N–H and O–H groups in total. The van der Waals surface area contributed by atoms with Crippen LogP contribution in [0.2, 0.25) is 0 Å². The SMILES string of the molecule is NC/C=C/c1ccc2[nH]c(=O)cnc2c1. The van der Waals surface area contributed by atoms with Gasteiger partial charge in [-0.3, -0.25) is 4.79 Å². The van der Waals surface area contributed by atoms with Gasteiger partial charge in [0.15, 0.2) is 0 Å². The summed E-state index contributed by atoms with van der Waals surface area (Å²) in [5.74, 6) is 0. The highest BCUT2D eigenvalue weighted by Crippen LogP contribution is 2.10. The number of benzene rings is 1. The van der Waals surface area contributed by atoms with Crippen molar-refractivity contribution >= 4 is 17.1 Å². The molecule has 0 aliphatic heterocycles. The second-order valence-corrected chi connectivity index (χ2v) is 3.16. The molecule has 76 valence electrons. The first-order chi connectivity index (χ1) is 7.29. The number of fused-ring (bicyclic) bond motifs is 1. The van der Waals surface area contributed by atoms with Crippen molar-refractivity contribution in [2.45, 2.75) is 0 Å². The molecule has 2 aromatic rings. The topological polar surface area (TPSA) is 71.8 Å². The van der Waals surface area contributed by atoms with E-state index in [0.717, 1.165) is 16.6 Å². The summed E-state index contributed by atoms with van der Waals surface area (Å²) in [6, 6.07) is 5.64. The number of hydrogen-bond acceptors (Lipinski definition) is 3. The fraction of sp³-hybridized carbons (Fsp3) is 0.0909. The lowest BCUT2D eigenvalue weighted by molar-refractivity contribution is 1.22. The highest BCUT2D eigenvalue weighted by atomic mass is 16.1. The summed E-state index contributed by atoms with van der Waals surface area (Å²) in [5, 5.41) is 0. The van der Waals surface area contributed by atoms with Crippen LogP contribution in [0.15, 0.2) is 35.3 Å². The third-order valence-electron chi connectivity index (χ3n) is 2.05. The third kappa shape index (κ3) is 2.11. The first kappa shape index (κ1) is 9.61. The normalized spacial score (nSPS) is 11.3. The smallest absolute Gasteiger partial charge is 0.266 e. The van der Waals surface area contributed by atoms with Crippen LogP contribution in [-0.2, 0) is 0 Å². The lowest BCUT2D eigenvalue weighted by Crippen LogP contribution is -2.04. The number of hydrogen-bond donors (Lipinski definition) is 2. The zero-order valence-electron chi connectivity index (χ0n) is 8.10. The van der Waals surface area contributed by atoms with E-state index >= 15 is 0 Å². The van der Waals surface area contributed by atoms with Gasteiger partial charge in [0.05, 0.1) is 17.2 Å². The highest BCUT2D eigenvalue weighted by Gasteiger charge is 1.95. The highest BCUT2D eigenvalue weighted by molar-refractivity contribution is 5.76. The molecule has 0 aliphatic rings. The number of aromatic nitrogens is 2. The average molecular weight is 201 g/mol. The lowest BCUT2D eigenvalue weighted by atomic mass is 10.2. The Balaban J connectivity index is 2.52. The number of nitrogens with two attached hydrogens (primary N) is 1. The Kier molecular flexibility index (Phi) is 2.60. The molecule has 0 spiro atoms. The van der Waals surface area contributed by atoms with Crippen molar-refractivity contribution in [3.8, 4) is 0 Å². The molecule has 15 heavy (non-hydrogen) atoms. The first-order valence-electron chi connectivity index (χ1n) is 4.65. The Hall–Kier alpha value is -1.94. The molecule has 0 radical (unpaired) electrons. The van der Waals surface area contributed by atoms with Crippen molar-refractivity contribution in [1.82, 2.24) is 9.97 Å². The molecule has 2 rings (SSSR count). The largest absolute Gasteiger partial charge is 0.327 e. The van der Waals surface area contributed by atoms with E-state index in [2.05, 4.69) is 9.97 Å². The summed E-state index contributed by atoms with van der Waals surface area (Å²) >= 11 is 0. The third-order valence-corrected chi connectivity index (χ3v) is 2.05. The molecular formula is C11H11N3O. The molecule has 4 nitrogen and oxygen atoms in total. The first-order valence-corrected chi connectivity index (χ1v) is 4.65. The average Bonchev–Trinajstić information content (AvgIpc) is 2.26. The fourth-order valence-electron chi connectivity index (χ4n) is 1.36. The van der Waals surface area contributed by atoms with E-state index in [9.17, 15) is 4.79 Å². The van der Waals surface area contributed by atoms with E-state index in [1.807, 2.05) is 30.4 Å². The number of H-pyrrole nitrogens is 1. The minimum absolute atomic E-state index is 0.187. The van der Waals surface area contributed by atoms with Crippen molar-refractivity contribution in [3.63, 3.8) is 0 Å². The Labute approximate surface area is 86.5 Å². The summed E-state index contributed by atoms with van der Waals surface area (Å²) in [6.07, 6.45) is 5.07. The molecule has 0 amide bonds. The molecular weight excluding hydrogens is 190 g/mol. The van der Waals surface area contributed by atoms with Crippen LogP contribution >= 0.6 is 0 Å². The van der Waals surface area contributed by atoms with Gasteiger partial charge in [-0.15, -0.1) is 0 Å². The van der Waals surface area contributed by atoms with Crippen LogP contribution in [0, 0.1) is 0 Å². The Morgan fingerprint density at radius 2 is 2.33 bits per heavy atom.